The molecule has 0 unspecified atom stereocenters. The van der Waals surface area contributed by atoms with E-state index in [4.69, 9.17) is 0 Å². The molecular weight excluding hydrogens is 214 g/mol. The monoisotopic (exact) mass is 229 g/mol. The molecule has 17 heavy (non-hydrogen) atoms. The standard InChI is InChI=1S/C13H15N3O/c1-2-13(17)14-7-10-4-3-5-11(6-10)12-8-15-16-9-12/h3-6,8-9H,2,7H2,1H3,(H,14,17)(H,15,16). The van der Waals surface area contributed by atoms with E-state index in [-0.39, 0.29) is 5.91 Å². The summed E-state index contributed by atoms with van der Waals surface area (Å²) >= 11 is 0. The fourth-order valence-corrected chi connectivity index (χ4v) is 1.60. The molecular formula is C13H15N3O. The Morgan fingerprint density at radius 3 is 3.00 bits per heavy atom. The van der Waals surface area contributed by atoms with Gasteiger partial charge in [-0.1, -0.05) is 25.1 Å². The number of aromatic nitrogens is 2. The lowest BCUT2D eigenvalue weighted by Gasteiger charge is -2.05. The maximum absolute atomic E-state index is 11.2. The highest BCUT2D eigenvalue weighted by Crippen LogP contribution is 2.18. The molecule has 1 aromatic carbocycles. The van der Waals surface area contributed by atoms with Gasteiger partial charge in [-0.2, -0.15) is 5.10 Å². The number of nitrogens with zero attached hydrogens (tertiary/aromatic N) is 1. The number of hydrogen-bond donors (Lipinski definition) is 2. The molecule has 2 N–H and O–H groups in total. The minimum Gasteiger partial charge on any atom is -0.352 e. The lowest BCUT2D eigenvalue weighted by atomic mass is 10.1. The van der Waals surface area contributed by atoms with Crippen LogP contribution in [0.4, 0.5) is 0 Å². The van der Waals surface area contributed by atoms with E-state index in [9.17, 15) is 4.79 Å². The summed E-state index contributed by atoms with van der Waals surface area (Å²) in [7, 11) is 0. The van der Waals surface area contributed by atoms with E-state index in [1.807, 2.05) is 31.3 Å². The zero-order valence-electron chi connectivity index (χ0n) is 9.73. The number of nitrogens with one attached hydrogen (secondary N) is 2. The van der Waals surface area contributed by atoms with Crippen LogP contribution < -0.4 is 5.32 Å². The van der Waals surface area contributed by atoms with Crippen LogP contribution in [0.25, 0.3) is 11.1 Å². The zero-order chi connectivity index (χ0) is 12.1. The van der Waals surface area contributed by atoms with Crippen LogP contribution in [0.2, 0.25) is 0 Å². The number of H-pyrrole nitrogens is 1. The number of aromatic amines is 1. The van der Waals surface area contributed by atoms with Crippen LogP contribution in [0.5, 0.6) is 0 Å². The van der Waals surface area contributed by atoms with Crippen LogP contribution in [0.3, 0.4) is 0 Å². The summed E-state index contributed by atoms with van der Waals surface area (Å²) in [5.74, 6) is 0.0683. The SMILES string of the molecule is CCC(=O)NCc1cccc(-c2cn[nH]c2)c1. The van der Waals surface area contributed by atoms with Gasteiger partial charge in [0.15, 0.2) is 0 Å². The van der Waals surface area contributed by atoms with Crippen LogP contribution in [-0.4, -0.2) is 16.1 Å². The van der Waals surface area contributed by atoms with Gasteiger partial charge in [0.05, 0.1) is 6.20 Å². The van der Waals surface area contributed by atoms with Crippen LogP contribution in [0.1, 0.15) is 18.9 Å². The second-order valence-corrected chi connectivity index (χ2v) is 3.82. The molecule has 0 bridgehead atoms. The summed E-state index contributed by atoms with van der Waals surface area (Å²) in [4.78, 5) is 11.2. The number of amides is 1. The topological polar surface area (TPSA) is 57.8 Å². The molecule has 0 aliphatic carbocycles. The number of carbonyl (C=O) groups excluding carboxylic acids is 1. The molecule has 0 spiro atoms. The summed E-state index contributed by atoms with van der Waals surface area (Å²) in [5, 5.41) is 9.57. The fraction of sp³-hybridized carbons (Fsp3) is 0.231. The highest BCUT2D eigenvalue weighted by molar-refractivity contribution is 5.75. The van der Waals surface area contributed by atoms with E-state index >= 15 is 0 Å². The van der Waals surface area contributed by atoms with E-state index < -0.39 is 0 Å². The summed E-state index contributed by atoms with van der Waals surface area (Å²) in [6.07, 6.45) is 4.15. The third-order valence-corrected chi connectivity index (χ3v) is 2.57. The molecule has 0 saturated carbocycles. The molecule has 1 amide bonds. The van der Waals surface area contributed by atoms with Crippen LogP contribution >= 0.6 is 0 Å². The van der Waals surface area contributed by atoms with Crippen molar-refractivity contribution in [3.05, 3.63) is 42.2 Å². The molecule has 4 nitrogen and oxygen atoms in total. The van der Waals surface area contributed by atoms with Crippen LogP contribution in [-0.2, 0) is 11.3 Å². The van der Waals surface area contributed by atoms with Crippen molar-refractivity contribution < 1.29 is 4.79 Å². The van der Waals surface area contributed by atoms with Gasteiger partial charge in [0.1, 0.15) is 0 Å². The largest absolute Gasteiger partial charge is 0.352 e. The van der Waals surface area contributed by atoms with E-state index in [1.165, 1.54) is 0 Å². The summed E-state index contributed by atoms with van der Waals surface area (Å²) < 4.78 is 0. The summed E-state index contributed by atoms with van der Waals surface area (Å²) in [6, 6.07) is 8.06. The van der Waals surface area contributed by atoms with Crippen molar-refractivity contribution in [3.8, 4) is 11.1 Å². The lowest BCUT2D eigenvalue weighted by Crippen LogP contribution is -2.21. The summed E-state index contributed by atoms with van der Waals surface area (Å²) in [6.45, 7) is 2.41. The average molecular weight is 229 g/mol. The molecule has 2 aromatic rings. The highest BCUT2D eigenvalue weighted by Gasteiger charge is 2.01. The fourth-order valence-electron chi connectivity index (χ4n) is 1.60. The van der Waals surface area contributed by atoms with Crippen molar-refractivity contribution in [1.82, 2.24) is 15.5 Å². The van der Waals surface area contributed by atoms with Gasteiger partial charge in [-0.25, -0.2) is 0 Å². The van der Waals surface area contributed by atoms with Crippen molar-refractivity contribution in [2.24, 2.45) is 0 Å². The molecule has 2 rings (SSSR count). The van der Waals surface area contributed by atoms with E-state index in [0.717, 1.165) is 16.7 Å². The first-order chi connectivity index (χ1) is 8.29. The smallest absolute Gasteiger partial charge is 0.219 e. The van der Waals surface area contributed by atoms with Crippen molar-refractivity contribution >= 4 is 5.91 Å². The Hall–Kier alpha value is -2.10. The predicted octanol–water partition coefficient (Wildman–Crippen LogP) is 2.10. The van der Waals surface area contributed by atoms with E-state index in [0.29, 0.717) is 13.0 Å². The Labute approximate surface area is 100 Å². The molecule has 1 aromatic heterocycles. The van der Waals surface area contributed by atoms with Gasteiger partial charge < -0.3 is 5.32 Å². The third-order valence-electron chi connectivity index (χ3n) is 2.57. The molecule has 0 fully saturated rings. The Morgan fingerprint density at radius 2 is 2.29 bits per heavy atom. The second-order valence-electron chi connectivity index (χ2n) is 3.82. The van der Waals surface area contributed by atoms with Crippen molar-refractivity contribution in [2.75, 3.05) is 0 Å². The van der Waals surface area contributed by atoms with Gasteiger partial charge in [0.2, 0.25) is 5.91 Å². The van der Waals surface area contributed by atoms with E-state index in [1.54, 1.807) is 6.20 Å². The number of rotatable bonds is 4. The van der Waals surface area contributed by atoms with Crippen molar-refractivity contribution in [1.29, 1.82) is 0 Å². The maximum atomic E-state index is 11.2. The first-order valence-corrected chi connectivity index (χ1v) is 5.64. The first-order valence-electron chi connectivity index (χ1n) is 5.64. The lowest BCUT2D eigenvalue weighted by molar-refractivity contribution is -0.120. The minimum absolute atomic E-state index is 0.0683. The second kappa shape index (κ2) is 5.30. The average Bonchev–Trinajstić information content (AvgIpc) is 2.90. The zero-order valence-corrected chi connectivity index (χ0v) is 9.73. The van der Waals surface area contributed by atoms with Gasteiger partial charge >= 0.3 is 0 Å². The Bertz CT molecular complexity index is 491. The Balaban J connectivity index is 2.09. The Kier molecular flexibility index (Phi) is 3.55. The quantitative estimate of drug-likeness (QED) is 0.843. The van der Waals surface area contributed by atoms with Gasteiger partial charge in [-0.3, -0.25) is 9.89 Å². The van der Waals surface area contributed by atoms with Crippen molar-refractivity contribution in [3.63, 3.8) is 0 Å². The van der Waals surface area contributed by atoms with Gasteiger partial charge in [0.25, 0.3) is 0 Å². The summed E-state index contributed by atoms with van der Waals surface area (Å²) in [5.41, 5.74) is 3.24. The molecule has 0 aliphatic heterocycles. The number of carbonyl (C=O) groups is 1. The predicted molar refractivity (Wildman–Crippen MR) is 66.2 cm³/mol. The maximum Gasteiger partial charge on any atom is 0.219 e. The highest BCUT2D eigenvalue weighted by atomic mass is 16.1. The van der Waals surface area contributed by atoms with E-state index in [2.05, 4.69) is 21.6 Å². The first kappa shape index (κ1) is 11.4. The number of benzene rings is 1. The van der Waals surface area contributed by atoms with Crippen molar-refractivity contribution in [2.45, 2.75) is 19.9 Å². The molecule has 88 valence electrons. The van der Waals surface area contributed by atoms with Crippen LogP contribution in [0, 0.1) is 0 Å². The Morgan fingerprint density at radius 1 is 1.41 bits per heavy atom. The van der Waals surface area contributed by atoms with Gasteiger partial charge in [0, 0.05) is 24.7 Å². The molecule has 0 atom stereocenters. The molecule has 0 saturated heterocycles. The van der Waals surface area contributed by atoms with Crippen LogP contribution in [0.15, 0.2) is 36.7 Å². The molecule has 4 heteroatoms. The molecule has 1 heterocycles. The molecule has 0 radical (unpaired) electrons. The minimum atomic E-state index is 0.0683. The molecule has 0 aliphatic rings. The number of hydrogen-bond acceptors (Lipinski definition) is 2. The van der Waals surface area contributed by atoms with Gasteiger partial charge in [-0.15, -0.1) is 0 Å². The third kappa shape index (κ3) is 2.93. The van der Waals surface area contributed by atoms with Gasteiger partial charge in [-0.05, 0) is 17.2 Å². The normalized spacial score (nSPS) is 10.2.